The molecule has 0 aliphatic carbocycles. The third kappa shape index (κ3) is 3.25. The predicted molar refractivity (Wildman–Crippen MR) is 87.2 cm³/mol. The van der Waals surface area contributed by atoms with Gasteiger partial charge in [-0.25, -0.2) is 4.39 Å². The molecule has 1 aromatic rings. The van der Waals surface area contributed by atoms with Crippen LogP contribution < -0.4 is 5.73 Å². The number of nitrogens with zero attached hydrogens (tertiary/aromatic N) is 1. The van der Waals surface area contributed by atoms with Crippen molar-refractivity contribution >= 4 is 11.6 Å². The second kappa shape index (κ2) is 7.08. The molecule has 1 atom stereocenters. The summed E-state index contributed by atoms with van der Waals surface area (Å²) < 4.78 is 14.0. The standard InChI is InChI=1S/C17H26ClFN2/c1-3-17(4-2,21-10-5-6-11-21)16(20)12-13-14(18)8-7-9-15(13)19/h7-9,16H,3-6,10-12,20H2,1-2H3. The summed E-state index contributed by atoms with van der Waals surface area (Å²) in [5.41, 5.74) is 7.06. The maximum Gasteiger partial charge on any atom is 0.127 e. The molecule has 1 fully saturated rings. The average molecular weight is 313 g/mol. The molecule has 118 valence electrons. The Bertz CT molecular complexity index is 448. The largest absolute Gasteiger partial charge is 0.326 e. The number of hydrogen-bond donors (Lipinski definition) is 1. The number of halogens is 2. The average Bonchev–Trinajstić information content (AvgIpc) is 3.00. The Labute approximate surface area is 132 Å². The number of benzene rings is 1. The molecule has 1 aromatic carbocycles. The summed E-state index contributed by atoms with van der Waals surface area (Å²) in [6.45, 7) is 6.57. The van der Waals surface area contributed by atoms with Gasteiger partial charge in [-0.05, 0) is 57.3 Å². The molecule has 0 aromatic heterocycles. The van der Waals surface area contributed by atoms with Gasteiger partial charge in [0.1, 0.15) is 5.82 Å². The van der Waals surface area contributed by atoms with E-state index in [0.717, 1.165) is 25.9 Å². The van der Waals surface area contributed by atoms with Crippen LogP contribution in [-0.2, 0) is 6.42 Å². The van der Waals surface area contributed by atoms with Crippen LogP contribution in [-0.4, -0.2) is 29.6 Å². The van der Waals surface area contributed by atoms with Gasteiger partial charge in [0, 0.05) is 22.2 Å². The predicted octanol–water partition coefficient (Wildman–Crippen LogP) is 4.00. The van der Waals surface area contributed by atoms with Crippen LogP contribution >= 0.6 is 11.6 Å². The fraction of sp³-hybridized carbons (Fsp3) is 0.647. The molecular formula is C17H26ClFN2. The minimum atomic E-state index is -0.250. The second-order valence-electron chi connectivity index (χ2n) is 6.02. The van der Waals surface area contributed by atoms with E-state index in [1.54, 1.807) is 12.1 Å². The van der Waals surface area contributed by atoms with Crippen molar-refractivity contribution in [2.45, 2.75) is 57.5 Å². The molecule has 0 spiro atoms. The normalized spacial score (nSPS) is 18.1. The minimum Gasteiger partial charge on any atom is -0.326 e. The fourth-order valence-electron chi connectivity index (χ4n) is 3.76. The van der Waals surface area contributed by atoms with E-state index in [1.807, 2.05) is 0 Å². The molecule has 0 amide bonds. The maximum atomic E-state index is 14.0. The molecule has 4 heteroatoms. The number of likely N-dealkylation sites (tertiary alicyclic amines) is 1. The second-order valence-corrected chi connectivity index (χ2v) is 6.42. The summed E-state index contributed by atoms with van der Waals surface area (Å²) in [4.78, 5) is 2.51. The van der Waals surface area contributed by atoms with Crippen molar-refractivity contribution in [1.82, 2.24) is 4.90 Å². The lowest BCUT2D eigenvalue weighted by Crippen LogP contribution is -2.59. The molecule has 1 aliphatic heterocycles. The molecule has 1 heterocycles. The lowest BCUT2D eigenvalue weighted by Gasteiger charge is -2.45. The summed E-state index contributed by atoms with van der Waals surface area (Å²) in [7, 11) is 0. The molecule has 21 heavy (non-hydrogen) atoms. The number of hydrogen-bond acceptors (Lipinski definition) is 2. The van der Waals surface area contributed by atoms with Crippen molar-refractivity contribution in [2.75, 3.05) is 13.1 Å². The van der Waals surface area contributed by atoms with Crippen LogP contribution in [0.3, 0.4) is 0 Å². The highest BCUT2D eigenvalue weighted by atomic mass is 35.5. The van der Waals surface area contributed by atoms with Crippen LogP contribution in [0.2, 0.25) is 5.02 Å². The Kier molecular flexibility index (Phi) is 5.64. The summed E-state index contributed by atoms with van der Waals surface area (Å²) >= 11 is 6.16. The zero-order chi connectivity index (χ0) is 15.5. The molecule has 2 N–H and O–H groups in total. The Morgan fingerprint density at radius 1 is 1.29 bits per heavy atom. The smallest absolute Gasteiger partial charge is 0.127 e. The van der Waals surface area contributed by atoms with Crippen LogP contribution in [0.25, 0.3) is 0 Å². The lowest BCUT2D eigenvalue weighted by molar-refractivity contribution is 0.0765. The van der Waals surface area contributed by atoms with Gasteiger partial charge in [0.15, 0.2) is 0 Å². The molecule has 1 aliphatic rings. The Balaban J connectivity index is 2.24. The number of rotatable bonds is 6. The van der Waals surface area contributed by atoms with Crippen LogP contribution in [0.1, 0.15) is 45.1 Å². The van der Waals surface area contributed by atoms with E-state index in [2.05, 4.69) is 18.7 Å². The van der Waals surface area contributed by atoms with Gasteiger partial charge in [0.05, 0.1) is 0 Å². The summed E-state index contributed by atoms with van der Waals surface area (Å²) in [6, 6.07) is 4.73. The summed E-state index contributed by atoms with van der Waals surface area (Å²) in [6.07, 6.45) is 4.92. The van der Waals surface area contributed by atoms with Crippen molar-refractivity contribution in [1.29, 1.82) is 0 Å². The monoisotopic (exact) mass is 312 g/mol. The fourth-order valence-corrected chi connectivity index (χ4v) is 4.00. The SMILES string of the molecule is CCC(CC)(C(N)Cc1c(F)cccc1Cl)N1CCCC1. The first-order valence-electron chi connectivity index (χ1n) is 7.98. The van der Waals surface area contributed by atoms with Crippen molar-refractivity contribution in [3.8, 4) is 0 Å². The van der Waals surface area contributed by atoms with Gasteiger partial charge in [-0.3, -0.25) is 4.90 Å². The van der Waals surface area contributed by atoms with E-state index in [4.69, 9.17) is 17.3 Å². The van der Waals surface area contributed by atoms with Gasteiger partial charge >= 0.3 is 0 Å². The molecule has 1 saturated heterocycles. The third-order valence-corrected chi connectivity index (χ3v) is 5.49. The first-order valence-corrected chi connectivity index (χ1v) is 8.36. The highest BCUT2D eigenvalue weighted by Gasteiger charge is 2.40. The van der Waals surface area contributed by atoms with E-state index in [1.165, 1.54) is 18.9 Å². The van der Waals surface area contributed by atoms with Gasteiger partial charge in [0.2, 0.25) is 0 Å². The maximum absolute atomic E-state index is 14.0. The quantitative estimate of drug-likeness (QED) is 0.860. The third-order valence-electron chi connectivity index (χ3n) is 5.14. The van der Waals surface area contributed by atoms with Crippen molar-refractivity contribution in [2.24, 2.45) is 5.73 Å². The van der Waals surface area contributed by atoms with Crippen molar-refractivity contribution < 1.29 is 4.39 Å². The van der Waals surface area contributed by atoms with Crippen molar-refractivity contribution in [3.05, 3.63) is 34.6 Å². The van der Waals surface area contributed by atoms with Crippen LogP contribution in [0.4, 0.5) is 4.39 Å². The molecule has 0 radical (unpaired) electrons. The van der Waals surface area contributed by atoms with Gasteiger partial charge in [0.25, 0.3) is 0 Å². The molecule has 0 bridgehead atoms. The first-order chi connectivity index (χ1) is 10.0. The van der Waals surface area contributed by atoms with E-state index >= 15 is 0 Å². The summed E-state index contributed by atoms with van der Waals surface area (Å²) in [5, 5.41) is 0.480. The van der Waals surface area contributed by atoms with Gasteiger partial charge < -0.3 is 5.73 Å². The Morgan fingerprint density at radius 2 is 1.90 bits per heavy atom. The highest BCUT2D eigenvalue weighted by Crippen LogP contribution is 2.33. The van der Waals surface area contributed by atoms with Gasteiger partial charge in [-0.1, -0.05) is 31.5 Å². The number of nitrogens with two attached hydrogens (primary N) is 1. The van der Waals surface area contributed by atoms with E-state index in [0.29, 0.717) is 17.0 Å². The first kappa shape index (κ1) is 16.7. The van der Waals surface area contributed by atoms with E-state index < -0.39 is 0 Å². The van der Waals surface area contributed by atoms with E-state index in [9.17, 15) is 4.39 Å². The Hall–Kier alpha value is -0.640. The van der Waals surface area contributed by atoms with Crippen LogP contribution in [0, 0.1) is 5.82 Å². The van der Waals surface area contributed by atoms with Crippen LogP contribution in [0.15, 0.2) is 18.2 Å². The molecular weight excluding hydrogens is 287 g/mol. The molecule has 1 unspecified atom stereocenters. The van der Waals surface area contributed by atoms with Gasteiger partial charge in [-0.2, -0.15) is 0 Å². The van der Waals surface area contributed by atoms with Crippen LogP contribution in [0.5, 0.6) is 0 Å². The van der Waals surface area contributed by atoms with Gasteiger partial charge in [-0.15, -0.1) is 0 Å². The van der Waals surface area contributed by atoms with Crippen molar-refractivity contribution in [3.63, 3.8) is 0 Å². The lowest BCUT2D eigenvalue weighted by atomic mass is 9.80. The minimum absolute atomic E-state index is 0.0535. The Morgan fingerprint density at radius 3 is 2.43 bits per heavy atom. The molecule has 0 saturated carbocycles. The highest BCUT2D eigenvalue weighted by molar-refractivity contribution is 6.31. The summed E-state index contributed by atoms with van der Waals surface area (Å²) in [5.74, 6) is -0.250. The van der Waals surface area contributed by atoms with E-state index in [-0.39, 0.29) is 17.4 Å². The zero-order valence-electron chi connectivity index (χ0n) is 13.0. The topological polar surface area (TPSA) is 29.3 Å². The molecule has 2 rings (SSSR count). The zero-order valence-corrected chi connectivity index (χ0v) is 13.8. The molecule has 2 nitrogen and oxygen atoms in total.